The van der Waals surface area contributed by atoms with Crippen LogP contribution in [0.5, 0.6) is 5.75 Å². The molecule has 0 amide bonds. The zero-order valence-corrected chi connectivity index (χ0v) is 11.2. The van der Waals surface area contributed by atoms with Gasteiger partial charge in [0.2, 0.25) is 0 Å². The molecule has 1 aliphatic carbocycles. The van der Waals surface area contributed by atoms with E-state index in [-0.39, 0.29) is 17.2 Å². The maximum atomic E-state index is 13.1. The van der Waals surface area contributed by atoms with Crippen molar-refractivity contribution in [2.75, 3.05) is 7.11 Å². The zero-order chi connectivity index (χ0) is 14.9. The molecule has 0 bridgehead atoms. The fourth-order valence-electron chi connectivity index (χ4n) is 2.46. The van der Waals surface area contributed by atoms with E-state index in [9.17, 15) is 18.3 Å². The summed E-state index contributed by atoms with van der Waals surface area (Å²) in [5, 5.41) is 10.1. The molecular formula is C14H18F3NO2. The molecule has 112 valence electrons. The van der Waals surface area contributed by atoms with Crippen LogP contribution in [-0.4, -0.2) is 18.3 Å². The molecule has 1 aromatic carbocycles. The monoisotopic (exact) mass is 289 g/mol. The lowest BCUT2D eigenvalue weighted by molar-refractivity contribution is -0.138. The molecule has 1 fully saturated rings. The number of hydrogen-bond donors (Lipinski definition) is 2. The first-order valence-corrected chi connectivity index (χ1v) is 6.53. The summed E-state index contributed by atoms with van der Waals surface area (Å²) in [6, 6.07) is 2.59. The number of aliphatic hydroxyl groups excluding tert-OH is 1. The van der Waals surface area contributed by atoms with Crippen LogP contribution in [0.1, 0.15) is 36.4 Å². The second-order valence-electron chi connectivity index (χ2n) is 5.16. The van der Waals surface area contributed by atoms with Crippen LogP contribution in [0.15, 0.2) is 18.2 Å². The maximum Gasteiger partial charge on any atom is 0.416 e. The molecule has 0 spiro atoms. The number of aliphatic hydroxyl groups is 1. The predicted octanol–water partition coefficient (Wildman–Crippen LogP) is 2.87. The van der Waals surface area contributed by atoms with Gasteiger partial charge in [-0.3, -0.25) is 0 Å². The Morgan fingerprint density at radius 1 is 1.35 bits per heavy atom. The molecule has 0 aromatic heterocycles. The molecule has 0 heterocycles. The zero-order valence-electron chi connectivity index (χ0n) is 11.2. The van der Waals surface area contributed by atoms with Crippen molar-refractivity contribution in [3.63, 3.8) is 0 Å². The van der Waals surface area contributed by atoms with Crippen LogP contribution >= 0.6 is 0 Å². The summed E-state index contributed by atoms with van der Waals surface area (Å²) in [5.41, 5.74) is 4.92. The molecule has 0 saturated heterocycles. The van der Waals surface area contributed by atoms with E-state index in [4.69, 9.17) is 10.5 Å². The third-order valence-electron chi connectivity index (χ3n) is 3.93. The van der Waals surface area contributed by atoms with Gasteiger partial charge in [-0.05, 0) is 36.5 Å². The standard InChI is InChI=1S/C14H18F3NO2/c1-20-9-5-6-10(11(7-9)14(15,16)17)12(18)13(19)8-3-2-4-8/h5-8,12-13,19H,2-4,18H2,1H3/t12-,13+/m1/s1. The van der Waals surface area contributed by atoms with Crippen molar-refractivity contribution in [1.82, 2.24) is 0 Å². The Bertz CT molecular complexity index is 472. The van der Waals surface area contributed by atoms with E-state index in [1.165, 1.54) is 19.2 Å². The minimum atomic E-state index is -4.53. The highest BCUT2D eigenvalue weighted by atomic mass is 19.4. The van der Waals surface area contributed by atoms with E-state index in [2.05, 4.69) is 0 Å². The van der Waals surface area contributed by atoms with Crippen LogP contribution in [0.25, 0.3) is 0 Å². The van der Waals surface area contributed by atoms with Gasteiger partial charge < -0.3 is 15.6 Å². The molecular weight excluding hydrogens is 271 g/mol. The number of rotatable bonds is 4. The Kier molecular flexibility index (Phi) is 4.25. The van der Waals surface area contributed by atoms with Crippen molar-refractivity contribution in [2.24, 2.45) is 11.7 Å². The van der Waals surface area contributed by atoms with Gasteiger partial charge in [0.1, 0.15) is 5.75 Å². The smallest absolute Gasteiger partial charge is 0.416 e. The van der Waals surface area contributed by atoms with Crippen molar-refractivity contribution in [1.29, 1.82) is 0 Å². The van der Waals surface area contributed by atoms with E-state index in [0.29, 0.717) is 0 Å². The van der Waals surface area contributed by atoms with Gasteiger partial charge in [-0.1, -0.05) is 12.5 Å². The molecule has 2 atom stereocenters. The van der Waals surface area contributed by atoms with Gasteiger partial charge >= 0.3 is 6.18 Å². The summed E-state index contributed by atoms with van der Waals surface area (Å²) < 4.78 is 44.1. The summed E-state index contributed by atoms with van der Waals surface area (Å²) in [6.45, 7) is 0. The summed E-state index contributed by atoms with van der Waals surface area (Å²) in [7, 11) is 1.30. The number of nitrogens with two attached hydrogens (primary N) is 1. The third kappa shape index (κ3) is 2.91. The van der Waals surface area contributed by atoms with Crippen LogP contribution in [-0.2, 0) is 6.18 Å². The average molecular weight is 289 g/mol. The Hall–Kier alpha value is -1.27. The van der Waals surface area contributed by atoms with Gasteiger partial charge in [-0.2, -0.15) is 13.2 Å². The van der Waals surface area contributed by atoms with Crippen molar-refractivity contribution in [3.8, 4) is 5.75 Å². The number of halogens is 3. The van der Waals surface area contributed by atoms with Crippen LogP contribution in [0.4, 0.5) is 13.2 Å². The van der Waals surface area contributed by atoms with Gasteiger partial charge in [0, 0.05) is 0 Å². The lowest BCUT2D eigenvalue weighted by atomic mass is 9.77. The number of ether oxygens (including phenoxy) is 1. The van der Waals surface area contributed by atoms with Crippen molar-refractivity contribution >= 4 is 0 Å². The van der Waals surface area contributed by atoms with E-state index in [1.54, 1.807) is 0 Å². The van der Waals surface area contributed by atoms with Crippen LogP contribution in [0.2, 0.25) is 0 Å². The van der Waals surface area contributed by atoms with Gasteiger partial charge in [-0.15, -0.1) is 0 Å². The predicted molar refractivity (Wildman–Crippen MR) is 68.3 cm³/mol. The average Bonchev–Trinajstić information content (AvgIpc) is 2.34. The molecule has 2 rings (SSSR count). The highest BCUT2D eigenvalue weighted by Gasteiger charge is 2.38. The van der Waals surface area contributed by atoms with E-state index in [0.717, 1.165) is 25.3 Å². The second kappa shape index (κ2) is 5.61. The molecule has 20 heavy (non-hydrogen) atoms. The summed E-state index contributed by atoms with van der Waals surface area (Å²) in [6.07, 6.45) is -2.86. The minimum Gasteiger partial charge on any atom is -0.497 e. The summed E-state index contributed by atoms with van der Waals surface area (Å²) in [5.74, 6) is 0.111. The quantitative estimate of drug-likeness (QED) is 0.896. The highest BCUT2D eigenvalue weighted by molar-refractivity contribution is 5.39. The third-order valence-corrected chi connectivity index (χ3v) is 3.93. The largest absolute Gasteiger partial charge is 0.497 e. The van der Waals surface area contributed by atoms with Gasteiger partial charge in [0.15, 0.2) is 0 Å². The second-order valence-corrected chi connectivity index (χ2v) is 5.16. The Labute approximate surface area is 115 Å². The van der Waals surface area contributed by atoms with Crippen LogP contribution < -0.4 is 10.5 Å². The first-order chi connectivity index (χ1) is 9.34. The number of benzene rings is 1. The van der Waals surface area contributed by atoms with Gasteiger partial charge in [-0.25, -0.2) is 0 Å². The van der Waals surface area contributed by atoms with Crippen molar-refractivity contribution in [3.05, 3.63) is 29.3 Å². The molecule has 1 aromatic rings. The molecule has 3 nitrogen and oxygen atoms in total. The molecule has 1 saturated carbocycles. The molecule has 1 aliphatic rings. The van der Waals surface area contributed by atoms with E-state index >= 15 is 0 Å². The van der Waals surface area contributed by atoms with E-state index < -0.39 is 23.9 Å². The molecule has 6 heteroatoms. The minimum absolute atomic E-state index is 0.00631. The fourth-order valence-corrected chi connectivity index (χ4v) is 2.46. The topological polar surface area (TPSA) is 55.5 Å². The molecule has 0 unspecified atom stereocenters. The molecule has 0 aliphatic heterocycles. The number of alkyl halides is 3. The lowest BCUT2D eigenvalue weighted by Crippen LogP contribution is -2.37. The normalized spacial score (nSPS) is 19.3. The van der Waals surface area contributed by atoms with E-state index in [1.807, 2.05) is 0 Å². The van der Waals surface area contributed by atoms with Gasteiger partial charge in [0.05, 0.1) is 24.8 Å². The van der Waals surface area contributed by atoms with Crippen molar-refractivity contribution < 1.29 is 23.0 Å². The van der Waals surface area contributed by atoms with Crippen molar-refractivity contribution in [2.45, 2.75) is 37.6 Å². The number of hydrogen-bond acceptors (Lipinski definition) is 3. The van der Waals surface area contributed by atoms with Crippen LogP contribution in [0, 0.1) is 5.92 Å². The Morgan fingerprint density at radius 3 is 2.45 bits per heavy atom. The Balaban J connectivity index is 2.34. The van der Waals surface area contributed by atoms with Gasteiger partial charge in [0.25, 0.3) is 0 Å². The fraction of sp³-hybridized carbons (Fsp3) is 0.571. The highest BCUT2D eigenvalue weighted by Crippen LogP contribution is 2.40. The lowest BCUT2D eigenvalue weighted by Gasteiger charge is -2.34. The number of methoxy groups -OCH3 is 1. The molecule has 0 radical (unpaired) electrons. The summed E-state index contributed by atoms with van der Waals surface area (Å²) >= 11 is 0. The maximum absolute atomic E-state index is 13.1. The first-order valence-electron chi connectivity index (χ1n) is 6.53. The SMILES string of the molecule is COc1ccc([C@@H](N)[C@@H](O)C2CCC2)c(C(F)(F)F)c1. The molecule has 3 N–H and O–H groups in total. The van der Waals surface area contributed by atoms with Crippen LogP contribution in [0.3, 0.4) is 0 Å². The summed E-state index contributed by atoms with van der Waals surface area (Å²) in [4.78, 5) is 0. The Morgan fingerprint density at radius 2 is 2.00 bits per heavy atom. The first kappa shape index (κ1) is 15.1.